The van der Waals surface area contributed by atoms with Crippen LogP contribution in [0.1, 0.15) is 34.3 Å². The molecule has 0 spiro atoms. The number of aliphatic hydroxyl groups excluding tert-OH is 1. The van der Waals surface area contributed by atoms with Gasteiger partial charge in [0.15, 0.2) is 0 Å². The van der Waals surface area contributed by atoms with Crippen LogP contribution >= 0.6 is 11.3 Å². The highest BCUT2D eigenvalue weighted by Gasteiger charge is 2.18. The topological polar surface area (TPSA) is 83.6 Å². The van der Waals surface area contributed by atoms with E-state index >= 15 is 0 Å². The first-order valence-corrected chi connectivity index (χ1v) is 7.17. The minimum Gasteiger partial charge on any atom is -0.384 e. The van der Waals surface area contributed by atoms with Gasteiger partial charge in [-0.15, -0.1) is 11.3 Å². The van der Waals surface area contributed by atoms with Gasteiger partial charge >= 0.3 is 0 Å². The van der Waals surface area contributed by atoms with Gasteiger partial charge in [0.1, 0.15) is 6.61 Å². The molecule has 0 unspecified atom stereocenters. The molecule has 6 heteroatoms. The third-order valence-corrected chi connectivity index (χ3v) is 3.51. The van der Waals surface area contributed by atoms with Crippen LogP contribution in [0.2, 0.25) is 0 Å². The molecule has 1 rings (SSSR count). The lowest BCUT2D eigenvalue weighted by atomic mass is 10.3. The number of nitrogens with two attached hydrogens (primary N) is 1. The summed E-state index contributed by atoms with van der Waals surface area (Å²) in [5.74, 6) is 4.55. The van der Waals surface area contributed by atoms with E-state index in [-0.39, 0.29) is 19.1 Å². The van der Waals surface area contributed by atoms with Crippen LogP contribution in [-0.4, -0.2) is 41.5 Å². The van der Waals surface area contributed by atoms with Gasteiger partial charge in [0, 0.05) is 6.54 Å². The first kappa shape index (κ1) is 16.2. The molecule has 0 bridgehead atoms. The van der Waals surface area contributed by atoms with Gasteiger partial charge in [0.25, 0.3) is 5.91 Å². The molecular formula is C14H18N2O3S. The van der Waals surface area contributed by atoms with Crippen molar-refractivity contribution in [1.29, 1.82) is 0 Å². The number of nitrogens with zero attached hydrogens (tertiary/aromatic N) is 1. The predicted molar refractivity (Wildman–Crippen MR) is 78.3 cm³/mol. The van der Waals surface area contributed by atoms with Crippen molar-refractivity contribution >= 4 is 23.2 Å². The van der Waals surface area contributed by atoms with Crippen LogP contribution in [0.25, 0.3) is 0 Å². The van der Waals surface area contributed by atoms with E-state index in [0.29, 0.717) is 16.3 Å². The van der Waals surface area contributed by atoms with E-state index in [4.69, 9.17) is 10.8 Å². The average Bonchev–Trinajstić information content (AvgIpc) is 2.88. The Morgan fingerprint density at radius 1 is 1.45 bits per heavy atom. The molecule has 0 radical (unpaired) electrons. The highest BCUT2D eigenvalue weighted by atomic mass is 32.1. The maximum atomic E-state index is 12.3. The van der Waals surface area contributed by atoms with Gasteiger partial charge < -0.3 is 15.7 Å². The van der Waals surface area contributed by atoms with Crippen molar-refractivity contribution in [3.05, 3.63) is 21.9 Å². The standard InChI is InChI=1S/C14H18N2O3S/c1-2-3-8-16(10-13(15)18)14(19)12-7-6-11(20-12)5-4-9-17/h6-7,17H,2-3,8-10H2,1H3,(H2,15,18). The smallest absolute Gasteiger partial charge is 0.264 e. The summed E-state index contributed by atoms with van der Waals surface area (Å²) in [6.07, 6.45) is 1.75. The van der Waals surface area contributed by atoms with Gasteiger partial charge in [-0.3, -0.25) is 9.59 Å². The lowest BCUT2D eigenvalue weighted by molar-refractivity contribution is -0.118. The SMILES string of the molecule is CCCCN(CC(N)=O)C(=O)c1ccc(C#CCO)s1. The molecule has 0 aliphatic heterocycles. The second-order valence-electron chi connectivity index (χ2n) is 4.17. The third-order valence-electron chi connectivity index (χ3n) is 2.52. The van der Waals surface area contributed by atoms with E-state index in [1.165, 1.54) is 16.2 Å². The van der Waals surface area contributed by atoms with Gasteiger partial charge in [0.2, 0.25) is 5.91 Å². The zero-order chi connectivity index (χ0) is 15.0. The number of unbranched alkanes of at least 4 members (excludes halogenated alkanes) is 1. The Balaban J connectivity index is 2.82. The first-order valence-electron chi connectivity index (χ1n) is 6.35. The van der Waals surface area contributed by atoms with Crippen LogP contribution in [0.4, 0.5) is 0 Å². The fourth-order valence-electron chi connectivity index (χ4n) is 1.59. The highest BCUT2D eigenvalue weighted by molar-refractivity contribution is 7.14. The van der Waals surface area contributed by atoms with E-state index < -0.39 is 5.91 Å². The number of carbonyl (C=O) groups is 2. The minimum atomic E-state index is -0.522. The van der Waals surface area contributed by atoms with E-state index in [2.05, 4.69) is 11.8 Å². The number of carbonyl (C=O) groups excluding carboxylic acids is 2. The van der Waals surface area contributed by atoms with Crippen LogP contribution < -0.4 is 5.73 Å². The number of rotatable bonds is 6. The summed E-state index contributed by atoms with van der Waals surface area (Å²) in [7, 11) is 0. The Bertz CT molecular complexity index is 528. The second-order valence-corrected chi connectivity index (χ2v) is 5.25. The zero-order valence-electron chi connectivity index (χ0n) is 11.4. The molecule has 0 atom stereocenters. The Kier molecular flexibility index (Phi) is 6.77. The molecule has 1 heterocycles. The molecule has 20 heavy (non-hydrogen) atoms. The van der Waals surface area contributed by atoms with Gasteiger partial charge in [-0.2, -0.15) is 0 Å². The summed E-state index contributed by atoms with van der Waals surface area (Å²) in [4.78, 5) is 26.0. The van der Waals surface area contributed by atoms with Gasteiger partial charge in [0.05, 0.1) is 16.3 Å². The molecular weight excluding hydrogens is 276 g/mol. The van der Waals surface area contributed by atoms with E-state index in [1.54, 1.807) is 12.1 Å². The molecule has 2 amide bonds. The average molecular weight is 294 g/mol. The number of primary amides is 1. The number of amides is 2. The second kappa shape index (κ2) is 8.35. The molecule has 0 saturated heterocycles. The fraction of sp³-hybridized carbons (Fsp3) is 0.429. The lowest BCUT2D eigenvalue weighted by Crippen LogP contribution is -2.38. The lowest BCUT2D eigenvalue weighted by Gasteiger charge is -2.19. The molecule has 0 saturated carbocycles. The van der Waals surface area contributed by atoms with Gasteiger partial charge in [-0.05, 0) is 18.6 Å². The number of aliphatic hydroxyl groups is 1. The van der Waals surface area contributed by atoms with Crippen molar-refractivity contribution in [1.82, 2.24) is 4.90 Å². The van der Waals surface area contributed by atoms with Crippen molar-refractivity contribution < 1.29 is 14.7 Å². The summed E-state index contributed by atoms with van der Waals surface area (Å²) in [5, 5.41) is 8.63. The number of hydrogen-bond acceptors (Lipinski definition) is 4. The molecule has 1 aromatic rings. The Labute approximate surface area is 122 Å². The van der Waals surface area contributed by atoms with Crippen LogP contribution in [-0.2, 0) is 4.79 Å². The molecule has 108 valence electrons. The monoisotopic (exact) mass is 294 g/mol. The van der Waals surface area contributed by atoms with Crippen LogP contribution in [0, 0.1) is 11.8 Å². The van der Waals surface area contributed by atoms with Crippen molar-refractivity contribution in [2.24, 2.45) is 5.73 Å². The normalized spacial score (nSPS) is 9.70. The van der Waals surface area contributed by atoms with Crippen LogP contribution in [0.3, 0.4) is 0 Å². The maximum Gasteiger partial charge on any atom is 0.264 e. The van der Waals surface area contributed by atoms with Gasteiger partial charge in [-0.25, -0.2) is 0 Å². The van der Waals surface area contributed by atoms with Gasteiger partial charge in [-0.1, -0.05) is 25.2 Å². The Hall–Kier alpha value is -1.84. The molecule has 3 N–H and O–H groups in total. The minimum absolute atomic E-state index is 0.0750. The number of hydrogen-bond donors (Lipinski definition) is 2. The number of thiophene rings is 1. The summed E-state index contributed by atoms with van der Waals surface area (Å²) < 4.78 is 0. The summed E-state index contributed by atoms with van der Waals surface area (Å²) >= 11 is 1.24. The Morgan fingerprint density at radius 2 is 2.20 bits per heavy atom. The van der Waals surface area contributed by atoms with Crippen LogP contribution in [0.15, 0.2) is 12.1 Å². The van der Waals surface area contributed by atoms with Crippen LogP contribution in [0.5, 0.6) is 0 Å². The largest absolute Gasteiger partial charge is 0.384 e. The molecule has 1 aromatic heterocycles. The molecule has 0 aliphatic carbocycles. The van der Waals surface area contributed by atoms with Crippen molar-refractivity contribution in [2.75, 3.05) is 19.7 Å². The summed E-state index contributed by atoms with van der Waals surface area (Å²) in [5.41, 5.74) is 5.17. The molecule has 0 fully saturated rings. The van der Waals surface area contributed by atoms with E-state index in [9.17, 15) is 9.59 Å². The molecule has 0 aromatic carbocycles. The van der Waals surface area contributed by atoms with Crippen molar-refractivity contribution in [2.45, 2.75) is 19.8 Å². The molecule has 0 aliphatic rings. The zero-order valence-corrected chi connectivity index (χ0v) is 12.2. The highest BCUT2D eigenvalue weighted by Crippen LogP contribution is 2.17. The van der Waals surface area contributed by atoms with Crippen molar-refractivity contribution in [3.63, 3.8) is 0 Å². The molecule has 5 nitrogen and oxygen atoms in total. The summed E-state index contributed by atoms with van der Waals surface area (Å²) in [6.45, 7) is 2.23. The first-order chi connectivity index (χ1) is 9.58. The van der Waals surface area contributed by atoms with E-state index in [0.717, 1.165) is 12.8 Å². The predicted octanol–water partition coefficient (Wildman–Crippen LogP) is 0.820. The third kappa shape index (κ3) is 5.03. The van der Waals surface area contributed by atoms with Crippen molar-refractivity contribution in [3.8, 4) is 11.8 Å². The Morgan fingerprint density at radius 3 is 2.80 bits per heavy atom. The van der Waals surface area contributed by atoms with E-state index in [1.807, 2.05) is 6.92 Å². The fourth-order valence-corrected chi connectivity index (χ4v) is 2.44. The quantitative estimate of drug-likeness (QED) is 0.762. The maximum absolute atomic E-state index is 12.3. The summed E-state index contributed by atoms with van der Waals surface area (Å²) in [6, 6.07) is 3.40.